The molecule has 4 aromatic carbocycles. The molecule has 4 atom stereocenters. The van der Waals surface area contributed by atoms with Gasteiger partial charge in [-0.05, 0) is 60.3 Å². The first-order chi connectivity index (χ1) is 18.3. The van der Waals surface area contributed by atoms with E-state index in [-0.39, 0.29) is 0 Å². The van der Waals surface area contributed by atoms with Gasteiger partial charge in [0.25, 0.3) is 0 Å². The molecule has 0 aromatic heterocycles. The minimum atomic E-state index is 0.319. The summed E-state index contributed by atoms with van der Waals surface area (Å²) >= 11 is 0. The lowest BCUT2D eigenvalue weighted by molar-refractivity contribution is 0.197. The molecule has 188 valence electrons. The van der Waals surface area contributed by atoms with E-state index in [0.29, 0.717) is 23.9 Å². The topological polar surface area (TPSA) is 33.7 Å². The average molecular weight is 491 g/mol. The predicted octanol–water partition coefficient (Wildman–Crippen LogP) is 6.48. The molecule has 2 saturated heterocycles. The van der Waals surface area contributed by atoms with Crippen molar-refractivity contribution in [3.63, 3.8) is 0 Å². The van der Waals surface area contributed by atoms with Crippen LogP contribution in [0.1, 0.15) is 29.0 Å². The summed E-state index contributed by atoms with van der Waals surface area (Å²) in [6, 6.07) is 38.8. The summed E-state index contributed by atoms with van der Waals surface area (Å²) in [5, 5.41) is 3.99. The number of hydrogen-bond donors (Lipinski definition) is 1. The molecule has 0 saturated carbocycles. The molecule has 4 aromatic rings. The van der Waals surface area contributed by atoms with Crippen molar-refractivity contribution < 1.29 is 9.47 Å². The van der Waals surface area contributed by atoms with Gasteiger partial charge < -0.3 is 14.8 Å². The van der Waals surface area contributed by atoms with Crippen LogP contribution in [-0.4, -0.2) is 37.2 Å². The number of ether oxygens (including phenoxy) is 2. The molecular weight excluding hydrogens is 456 g/mol. The second-order valence-corrected chi connectivity index (χ2v) is 10.1. The molecule has 4 unspecified atom stereocenters. The third-order valence-corrected chi connectivity index (χ3v) is 7.97. The number of hydrogen-bond acceptors (Lipinski definition) is 4. The number of nitrogens with one attached hydrogen (secondary N) is 1. The van der Waals surface area contributed by atoms with E-state index in [1.807, 2.05) is 42.5 Å². The van der Waals surface area contributed by atoms with Crippen LogP contribution in [0.15, 0.2) is 109 Å². The number of methoxy groups -OCH3 is 1. The molecule has 1 N–H and O–H groups in total. The first kappa shape index (κ1) is 23.8. The summed E-state index contributed by atoms with van der Waals surface area (Å²) in [7, 11) is 1.74. The summed E-state index contributed by atoms with van der Waals surface area (Å²) in [5.41, 5.74) is 3.88. The number of fused-ring (bicyclic) bond motifs is 2. The van der Waals surface area contributed by atoms with Gasteiger partial charge >= 0.3 is 0 Å². The molecule has 2 bridgehead atoms. The van der Waals surface area contributed by atoms with Gasteiger partial charge in [-0.15, -0.1) is 0 Å². The van der Waals surface area contributed by atoms with E-state index in [1.54, 1.807) is 7.11 Å². The third-order valence-electron chi connectivity index (χ3n) is 7.97. The Balaban J connectivity index is 1.27. The fraction of sp³-hybridized carbons (Fsp3) is 0.273. The molecule has 2 aliphatic rings. The lowest BCUT2D eigenvalue weighted by atomic mass is 9.78. The summed E-state index contributed by atoms with van der Waals surface area (Å²) in [6.07, 6.45) is 1.25. The maximum absolute atomic E-state index is 6.12. The van der Waals surface area contributed by atoms with Crippen molar-refractivity contribution in [2.75, 3.05) is 20.2 Å². The van der Waals surface area contributed by atoms with E-state index in [0.717, 1.165) is 35.9 Å². The second-order valence-electron chi connectivity index (χ2n) is 10.1. The summed E-state index contributed by atoms with van der Waals surface area (Å²) in [6.45, 7) is 3.07. The highest BCUT2D eigenvalue weighted by Gasteiger charge is 2.49. The van der Waals surface area contributed by atoms with Crippen LogP contribution >= 0.6 is 0 Å². The van der Waals surface area contributed by atoms with Crippen LogP contribution in [0, 0.1) is 5.92 Å². The molecule has 6 rings (SSSR count). The van der Waals surface area contributed by atoms with Gasteiger partial charge in [-0.3, -0.25) is 4.90 Å². The molecule has 2 heterocycles. The lowest BCUT2D eigenvalue weighted by Gasteiger charge is -2.39. The Morgan fingerprint density at radius 2 is 1.46 bits per heavy atom. The SMILES string of the molecule is COc1ccc(Oc2ccccc2)cc1CNC1C2CCN(C2)C1C(c1ccccc1)c1ccccc1. The Bertz CT molecular complexity index is 1260. The number of benzene rings is 4. The van der Waals surface area contributed by atoms with Crippen molar-refractivity contribution in [2.24, 2.45) is 5.92 Å². The van der Waals surface area contributed by atoms with Gasteiger partial charge in [-0.25, -0.2) is 0 Å². The van der Waals surface area contributed by atoms with Crippen LogP contribution in [0.4, 0.5) is 0 Å². The summed E-state index contributed by atoms with van der Waals surface area (Å²) < 4.78 is 11.9. The van der Waals surface area contributed by atoms with Crippen LogP contribution in [0.5, 0.6) is 17.2 Å². The van der Waals surface area contributed by atoms with E-state index < -0.39 is 0 Å². The first-order valence-corrected chi connectivity index (χ1v) is 13.3. The van der Waals surface area contributed by atoms with E-state index in [2.05, 4.69) is 76.9 Å². The predicted molar refractivity (Wildman–Crippen MR) is 148 cm³/mol. The van der Waals surface area contributed by atoms with Crippen molar-refractivity contribution in [2.45, 2.75) is 31.0 Å². The largest absolute Gasteiger partial charge is 0.496 e. The maximum atomic E-state index is 6.12. The van der Waals surface area contributed by atoms with Gasteiger partial charge in [0.05, 0.1) is 7.11 Å². The van der Waals surface area contributed by atoms with Crippen molar-refractivity contribution in [3.8, 4) is 17.2 Å². The molecular formula is C33H34N2O2. The molecule has 2 fully saturated rings. The molecule has 0 radical (unpaired) electrons. The first-order valence-electron chi connectivity index (χ1n) is 13.3. The average Bonchev–Trinajstić information content (AvgIpc) is 3.56. The Kier molecular flexibility index (Phi) is 6.94. The molecule has 2 aliphatic heterocycles. The summed E-state index contributed by atoms with van der Waals surface area (Å²) in [4.78, 5) is 2.71. The standard InChI is InChI=1S/C33H34N2O2/c1-36-30-18-17-29(37-28-15-9-4-10-16-28)21-27(30)22-34-32-26-19-20-35(23-26)33(32)31(24-11-5-2-6-12-24)25-13-7-3-8-14-25/h2-18,21,26,31-34H,19-20,22-23H2,1H3. The van der Waals surface area contributed by atoms with Gasteiger partial charge in [0.2, 0.25) is 0 Å². The highest BCUT2D eigenvalue weighted by molar-refractivity contribution is 5.42. The van der Waals surface area contributed by atoms with E-state index >= 15 is 0 Å². The zero-order chi connectivity index (χ0) is 25.0. The molecule has 4 heteroatoms. The van der Waals surface area contributed by atoms with Crippen molar-refractivity contribution in [1.82, 2.24) is 10.2 Å². The third kappa shape index (κ3) is 5.00. The Morgan fingerprint density at radius 3 is 2.11 bits per heavy atom. The van der Waals surface area contributed by atoms with Crippen molar-refractivity contribution in [3.05, 3.63) is 126 Å². The number of nitrogens with zero attached hydrogens (tertiary/aromatic N) is 1. The Labute approximate surface area is 219 Å². The highest BCUT2D eigenvalue weighted by Crippen LogP contribution is 2.43. The molecule has 4 nitrogen and oxygen atoms in total. The van der Waals surface area contributed by atoms with Gasteiger partial charge in [-0.2, -0.15) is 0 Å². The van der Waals surface area contributed by atoms with Gasteiger partial charge in [0, 0.05) is 36.7 Å². The minimum Gasteiger partial charge on any atom is -0.496 e. The van der Waals surface area contributed by atoms with E-state index in [4.69, 9.17) is 9.47 Å². The molecule has 37 heavy (non-hydrogen) atoms. The smallest absolute Gasteiger partial charge is 0.128 e. The Hall–Kier alpha value is -3.60. The summed E-state index contributed by atoms with van der Waals surface area (Å²) in [5.74, 6) is 3.51. The monoisotopic (exact) mass is 490 g/mol. The van der Waals surface area contributed by atoms with Crippen LogP contribution < -0.4 is 14.8 Å². The number of piperidine rings is 1. The van der Waals surface area contributed by atoms with Crippen molar-refractivity contribution in [1.29, 1.82) is 0 Å². The highest BCUT2D eigenvalue weighted by atomic mass is 16.5. The zero-order valence-corrected chi connectivity index (χ0v) is 21.3. The molecule has 0 spiro atoms. The van der Waals surface area contributed by atoms with E-state index in [1.165, 1.54) is 24.1 Å². The van der Waals surface area contributed by atoms with Crippen LogP contribution in [0.25, 0.3) is 0 Å². The minimum absolute atomic E-state index is 0.319. The molecule has 0 amide bonds. The van der Waals surface area contributed by atoms with Crippen LogP contribution in [-0.2, 0) is 6.54 Å². The van der Waals surface area contributed by atoms with Crippen molar-refractivity contribution >= 4 is 0 Å². The normalized spacial score (nSPS) is 22.3. The van der Waals surface area contributed by atoms with Gasteiger partial charge in [-0.1, -0.05) is 78.9 Å². The van der Waals surface area contributed by atoms with Crippen LogP contribution in [0.2, 0.25) is 0 Å². The fourth-order valence-corrected chi connectivity index (χ4v) is 6.31. The number of rotatable bonds is 9. The van der Waals surface area contributed by atoms with Gasteiger partial charge in [0.1, 0.15) is 17.2 Å². The second kappa shape index (κ2) is 10.8. The maximum Gasteiger partial charge on any atom is 0.128 e. The van der Waals surface area contributed by atoms with Gasteiger partial charge in [0.15, 0.2) is 0 Å². The molecule has 0 aliphatic carbocycles. The lowest BCUT2D eigenvalue weighted by Crippen LogP contribution is -2.50. The number of para-hydroxylation sites is 1. The quantitative estimate of drug-likeness (QED) is 0.291. The van der Waals surface area contributed by atoms with Crippen LogP contribution in [0.3, 0.4) is 0 Å². The zero-order valence-electron chi connectivity index (χ0n) is 21.3. The Morgan fingerprint density at radius 1 is 0.811 bits per heavy atom. The fourth-order valence-electron chi connectivity index (χ4n) is 6.31. The van der Waals surface area contributed by atoms with E-state index in [9.17, 15) is 0 Å².